The monoisotopic (exact) mass is 238 g/mol. The third-order valence-electron chi connectivity index (χ3n) is 4.20. The number of nitrogens with one attached hydrogen (secondary N) is 1. The molecule has 2 aliphatic rings. The normalized spacial score (nSPS) is 30.3. The fourth-order valence-electron chi connectivity index (χ4n) is 2.93. The van der Waals surface area contributed by atoms with Crippen molar-refractivity contribution in [2.45, 2.75) is 58.5 Å². The highest BCUT2D eigenvalue weighted by molar-refractivity contribution is 5.94. The second-order valence-electron chi connectivity index (χ2n) is 6.09. The van der Waals surface area contributed by atoms with Gasteiger partial charge in [0.05, 0.1) is 6.54 Å². The SMILES string of the molecule is CC1C(=O)NCC(=O)N1C1CCC(C)(C)CC1. The number of hydrogen-bond acceptors (Lipinski definition) is 2. The highest BCUT2D eigenvalue weighted by atomic mass is 16.2. The van der Waals surface area contributed by atoms with Gasteiger partial charge >= 0.3 is 0 Å². The largest absolute Gasteiger partial charge is 0.345 e. The summed E-state index contributed by atoms with van der Waals surface area (Å²) in [6.45, 7) is 6.55. The van der Waals surface area contributed by atoms with Crippen molar-refractivity contribution in [2.24, 2.45) is 5.41 Å². The minimum atomic E-state index is -0.303. The number of nitrogens with zero attached hydrogens (tertiary/aromatic N) is 1. The second kappa shape index (κ2) is 4.31. The predicted molar refractivity (Wildman–Crippen MR) is 65.4 cm³/mol. The Labute approximate surface area is 103 Å². The average Bonchev–Trinajstić information content (AvgIpc) is 2.26. The molecular weight excluding hydrogens is 216 g/mol. The molecule has 1 saturated heterocycles. The lowest BCUT2D eigenvalue weighted by atomic mass is 9.75. The Hall–Kier alpha value is -1.06. The van der Waals surface area contributed by atoms with Gasteiger partial charge in [-0.2, -0.15) is 0 Å². The molecule has 1 N–H and O–H groups in total. The Bertz CT molecular complexity index is 328. The number of hydrogen-bond donors (Lipinski definition) is 1. The smallest absolute Gasteiger partial charge is 0.242 e. The van der Waals surface area contributed by atoms with Crippen molar-refractivity contribution >= 4 is 11.8 Å². The van der Waals surface area contributed by atoms with Gasteiger partial charge in [-0.3, -0.25) is 9.59 Å². The van der Waals surface area contributed by atoms with Gasteiger partial charge in [-0.1, -0.05) is 13.8 Å². The van der Waals surface area contributed by atoms with Crippen molar-refractivity contribution in [1.82, 2.24) is 10.2 Å². The zero-order valence-corrected chi connectivity index (χ0v) is 11.0. The van der Waals surface area contributed by atoms with Crippen LogP contribution in [0, 0.1) is 5.41 Å². The maximum atomic E-state index is 11.9. The van der Waals surface area contributed by atoms with Gasteiger partial charge in [-0.25, -0.2) is 0 Å². The zero-order valence-electron chi connectivity index (χ0n) is 11.0. The summed E-state index contributed by atoms with van der Waals surface area (Å²) in [5.74, 6) is 0.0521. The van der Waals surface area contributed by atoms with Crippen LogP contribution in [-0.4, -0.2) is 35.3 Å². The Kier molecular flexibility index (Phi) is 3.15. The average molecular weight is 238 g/mol. The maximum absolute atomic E-state index is 11.9. The first-order chi connectivity index (χ1) is 7.91. The van der Waals surface area contributed by atoms with Gasteiger partial charge in [-0.15, -0.1) is 0 Å². The molecule has 0 spiro atoms. The van der Waals surface area contributed by atoms with Gasteiger partial charge in [0.25, 0.3) is 0 Å². The van der Waals surface area contributed by atoms with E-state index in [-0.39, 0.29) is 30.4 Å². The van der Waals surface area contributed by atoms with Crippen LogP contribution in [0.15, 0.2) is 0 Å². The summed E-state index contributed by atoms with van der Waals surface area (Å²) < 4.78 is 0. The first-order valence-electron chi connectivity index (χ1n) is 6.49. The van der Waals surface area contributed by atoms with E-state index < -0.39 is 0 Å². The summed E-state index contributed by atoms with van der Waals surface area (Å²) in [6.07, 6.45) is 4.32. The van der Waals surface area contributed by atoms with Crippen molar-refractivity contribution in [3.05, 3.63) is 0 Å². The van der Waals surface area contributed by atoms with Crippen LogP contribution in [0.2, 0.25) is 0 Å². The Morgan fingerprint density at radius 3 is 2.41 bits per heavy atom. The quantitative estimate of drug-likeness (QED) is 0.748. The molecule has 1 unspecified atom stereocenters. The molecule has 1 saturated carbocycles. The lowest BCUT2D eigenvalue weighted by molar-refractivity contribution is -0.148. The lowest BCUT2D eigenvalue weighted by Crippen LogP contribution is -2.61. The summed E-state index contributed by atoms with van der Waals surface area (Å²) in [4.78, 5) is 25.4. The van der Waals surface area contributed by atoms with E-state index in [1.807, 2.05) is 11.8 Å². The van der Waals surface area contributed by atoms with Gasteiger partial charge in [0.1, 0.15) is 6.04 Å². The lowest BCUT2D eigenvalue weighted by Gasteiger charge is -2.44. The molecule has 0 bridgehead atoms. The van der Waals surface area contributed by atoms with Crippen LogP contribution in [0.25, 0.3) is 0 Å². The number of carbonyl (C=O) groups is 2. The van der Waals surface area contributed by atoms with E-state index in [1.54, 1.807) is 0 Å². The molecule has 1 heterocycles. The van der Waals surface area contributed by atoms with Gasteiger partial charge in [-0.05, 0) is 38.0 Å². The number of carbonyl (C=O) groups excluding carboxylic acids is 2. The van der Waals surface area contributed by atoms with Gasteiger partial charge < -0.3 is 10.2 Å². The molecule has 4 nitrogen and oxygen atoms in total. The van der Waals surface area contributed by atoms with Gasteiger partial charge in [0.15, 0.2) is 0 Å². The topological polar surface area (TPSA) is 49.4 Å². The van der Waals surface area contributed by atoms with Crippen LogP contribution < -0.4 is 5.32 Å². The molecule has 2 rings (SSSR count). The third-order valence-corrected chi connectivity index (χ3v) is 4.20. The summed E-state index contributed by atoms with van der Waals surface area (Å²) in [5.41, 5.74) is 0.390. The van der Waals surface area contributed by atoms with Gasteiger partial charge in [0, 0.05) is 6.04 Å². The summed E-state index contributed by atoms with van der Waals surface area (Å²) in [5, 5.41) is 2.64. The standard InChI is InChI=1S/C13H22N2O2/c1-9-12(17)14-8-11(16)15(9)10-4-6-13(2,3)7-5-10/h9-10H,4-8H2,1-3H3,(H,14,17). The fourth-order valence-corrected chi connectivity index (χ4v) is 2.93. The fraction of sp³-hybridized carbons (Fsp3) is 0.846. The Balaban J connectivity index is 2.06. The highest BCUT2D eigenvalue weighted by Gasteiger charge is 2.38. The van der Waals surface area contributed by atoms with E-state index in [4.69, 9.17) is 0 Å². The molecule has 17 heavy (non-hydrogen) atoms. The molecule has 0 aromatic rings. The molecule has 96 valence electrons. The van der Waals surface area contributed by atoms with Crippen LogP contribution in [-0.2, 0) is 9.59 Å². The molecule has 0 aromatic heterocycles. The van der Waals surface area contributed by atoms with Crippen molar-refractivity contribution in [2.75, 3.05) is 6.54 Å². The van der Waals surface area contributed by atoms with Crippen molar-refractivity contribution in [3.8, 4) is 0 Å². The van der Waals surface area contributed by atoms with Crippen LogP contribution in [0.1, 0.15) is 46.5 Å². The Morgan fingerprint density at radius 2 is 1.82 bits per heavy atom. The Morgan fingerprint density at radius 1 is 1.24 bits per heavy atom. The molecule has 0 radical (unpaired) electrons. The molecule has 2 fully saturated rings. The van der Waals surface area contributed by atoms with E-state index in [0.717, 1.165) is 25.7 Å². The molecule has 1 atom stereocenters. The van der Waals surface area contributed by atoms with Gasteiger partial charge in [0.2, 0.25) is 11.8 Å². The van der Waals surface area contributed by atoms with Crippen LogP contribution in [0.5, 0.6) is 0 Å². The van der Waals surface area contributed by atoms with Crippen LogP contribution >= 0.6 is 0 Å². The first-order valence-corrected chi connectivity index (χ1v) is 6.49. The van der Waals surface area contributed by atoms with E-state index in [9.17, 15) is 9.59 Å². The molecule has 4 heteroatoms. The summed E-state index contributed by atoms with van der Waals surface area (Å²) >= 11 is 0. The van der Waals surface area contributed by atoms with E-state index >= 15 is 0 Å². The highest BCUT2D eigenvalue weighted by Crippen LogP contribution is 2.37. The van der Waals surface area contributed by atoms with Crippen LogP contribution in [0.3, 0.4) is 0 Å². The number of amides is 2. The summed E-state index contributed by atoms with van der Waals surface area (Å²) in [7, 11) is 0. The van der Waals surface area contributed by atoms with E-state index in [0.29, 0.717) is 5.41 Å². The maximum Gasteiger partial charge on any atom is 0.242 e. The number of rotatable bonds is 1. The molecule has 1 aliphatic heterocycles. The van der Waals surface area contributed by atoms with E-state index in [2.05, 4.69) is 19.2 Å². The second-order valence-corrected chi connectivity index (χ2v) is 6.09. The molecule has 1 aliphatic carbocycles. The summed E-state index contributed by atoms with van der Waals surface area (Å²) in [6, 6.07) is -0.0426. The third kappa shape index (κ3) is 2.45. The zero-order chi connectivity index (χ0) is 12.6. The molecular formula is C13H22N2O2. The molecule has 2 amide bonds. The minimum absolute atomic E-state index is 0.0190. The van der Waals surface area contributed by atoms with Crippen LogP contribution in [0.4, 0.5) is 0 Å². The molecule has 0 aromatic carbocycles. The van der Waals surface area contributed by atoms with E-state index in [1.165, 1.54) is 0 Å². The number of piperazine rings is 1. The van der Waals surface area contributed by atoms with Crippen molar-refractivity contribution in [3.63, 3.8) is 0 Å². The van der Waals surface area contributed by atoms with Crippen molar-refractivity contribution in [1.29, 1.82) is 0 Å². The first kappa shape index (κ1) is 12.4. The predicted octanol–water partition coefficient (Wildman–Crippen LogP) is 1.30. The van der Waals surface area contributed by atoms with Crippen molar-refractivity contribution < 1.29 is 9.59 Å². The minimum Gasteiger partial charge on any atom is -0.345 e.